The lowest BCUT2D eigenvalue weighted by molar-refractivity contribution is 0.122. The molecule has 0 spiro atoms. The van der Waals surface area contributed by atoms with E-state index in [0.29, 0.717) is 19.8 Å². The Balaban J connectivity index is 1.39. The van der Waals surface area contributed by atoms with Crippen LogP contribution in [0.5, 0.6) is 0 Å². The van der Waals surface area contributed by atoms with E-state index < -0.39 is 10.0 Å². The van der Waals surface area contributed by atoms with E-state index in [-0.39, 0.29) is 16.9 Å². The summed E-state index contributed by atoms with van der Waals surface area (Å²) in [5, 5.41) is 0. The largest absolute Gasteiger partial charge is 0.378 e. The molecular formula is C21H28N4O3S. The number of benzene rings is 1. The number of aromatic nitrogens is 1. The van der Waals surface area contributed by atoms with Crippen molar-refractivity contribution < 1.29 is 13.2 Å². The van der Waals surface area contributed by atoms with Crippen molar-refractivity contribution in [2.75, 3.05) is 44.3 Å². The summed E-state index contributed by atoms with van der Waals surface area (Å²) in [6.07, 6.45) is 1.45. The van der Waals surface area contributed by atoms with Gasteiger partial charge in [0.05, 0.1) is 13.2 Å². The van der Waals surface area contributed by atoms with Crippen LogP contribution in [0.25, 0.3) is 0 Å². The summed E-state index contributed by atoms with van der Waals surface area (Å²) < 4.78 is 34.0. The topological polar surface area (TPSA) is 74.8 Å². The van der Waals surface area contributed by atoms with E-state index in [4.69, 9.17) is 4.74 Å². The summed E-state index contributed by atoms with van der Waals surface area (Å²) in [5.74, 6) is 1.03. The first-order chi connectivity index (χ1) is 14.0. The van der Waals surface area contributed by atoms with Crippen LogP contribution < -0.4 is 9.62 Å². The van der Waals surface area contributed by atoms with Crippen molar-refractivity contribution in [3.05, 3.63) is 54.2 Å². The van der Waals surface area contributed by atoms with Crippen LogP contribution in [-0.4, -0.2) is 63.7 Å². The molecule has 3 heterocycles. The molecule has 4 rings (SSSR count). The van der Waals surface area contributed by atoms with Crippen molar-refractivity contribution in [2.24, 2.45) is 5.92 Å². The van der Waals surface area contributed by atoms with Crippen LogP contribution in [-0.2, 0) is 21.3 Å². The number of nitrogens with zero attached hydrogens (tertiary/aromatic N) is 3. The highest BCUT2D eigenvalue weighted by Crippen LogP contribution is 2.22. The number of sulfonamides is 1. The molecule has 8 heteroatoms. The standard InChI is InChI=1S/C21H28N4O3S/c1-17-14-24(15-18-5-3-2-4-6-18)16-20(17)23-29(26,27)19-7-8-21(22-13-19)25-9-11-28-12-10-25/h2-8,13,17,20,23H,9-12,14-16H2,1H3/t17-,20-/m0/s1. The average Bonchev–Trinajstić information content (AvgIpc) is 3.07. The van der Waals surface area contributed by atoms with Gasteiger partial charge in [0.1, 0.15) is 10.7 Å². The van der Waals surface area contributed by atoms with Gasteiger partial charge in [-0.2, -0.15) is 0 Å². The fourth-order valence-electron chi connectivity index (χ4n) is 3.97. The minimum Gasteiger partial charge on any atom is -0.378 e. The van der Waals surface area contributed by atoms with E-state index in [1.807, 2.05) is 18.2 Å². The van der Waals surface area contributed by atoms with Crippen molar-refractivity contribution in [1.29, 1.82) is 0 Å². The second-order valence-corrected chi connectivity index (χ2v) is 9.55. The molecule has 2 aliphatic heterocycles. The Morgan fingerprint density at radius 2 is 1.86 bits per heavy atom. The van der Waals surface area contributed by atoms with Crippen LogP contribution >= 0.6 is 0 Å². The summed E-state index contributed by atoms with van der Waals surface area (Å²) in [6, 6.07) is 13.6. The normalized spacial score (nSPS) is 23.4. The number of nitrogens with one attached hydrogen (secondary N) is 1. The quantitative estimate of drug-likeness (QED) is 0.773. The summed E-state index contributed by atoms with van der Waals surface area (Å²) in [4.78, 5) is 8.99. The second kappa shape index (κ2) is 8.79. The molecule has 2 atom stereocenters. The summed E-state index contributed by atoms with van der Waals surface area (Å²) in [7, 11) is -3.60. The van der Waals surface area contributed by atoms with E-state index >= 15 is 0 Å². The van der Waals surface area contributed by atoms with Crippen LogP contribution in [0, 0.1) is 5.92 Å². The number of anilines is 1. The second-order valence-electron chi connectivity index (χ2n) is 7.84. The minimum absolute atomic E-state index is 0.109. The predicted molar refractivity (Wildman–Crippen MR) is 112 cm³/mol. The molecule has 1 N–H and O–H groups in total. The number of morpholine rings is 1. The molecule has 0 radical (unpaired) electrons. The molecule has 0 aliphatic carbocycles. The third kappa shape index (κ3) is 4.95. The van der Waals surface area contributed by atoms with Gasteiger partial charge in [-0.25, -0.2) is 18.1 Å². The molecular weight excluding hydrogens is 388 g/mol. The van der Waals surface area contributed by atoms with Crippen molar-refractivity contribution >= 4 is 15.8 Å². The summed E-state index contributed by atoms with van der Waals surface area (Å²) in [6.45, 7) is 7.38. The monoisotopic (exact) mass is 416 g/mol. The number of hydrogen-bond donors (Lipinski definition) is 1. The van der Waals surface area contributed by atoms with E-state index in [2.05, 4.69) is 38.6 Å². The van der Waals surface area contributed by atoms with E-state index in [9.17, 15) is 8.42 Å². The number of hydrogen-bond acceptors (Lipinski definition) is 6. The fourth-order valence-corrected chi connectivity index (χ4v) is 5.25. The first kappa shape index (κ1) is 20.3. The van der Waals surface area contributed by atoms with Crippen LogP contribution in [0.4, 0.5) is 5.82 Å². The minimum atomic E-state index is -3.60. The zero-order valence-corrected chi connectivity index (χ0v) is 17.5. The van der Waals surface area contributed by atoms with Gasteiger partial charge in [0.25, 0.3) is 0 Å². The predicted octanol–water partition coefficient (Wildman–Crippen LogP) is 1.72. The average molecular weight is 417 g/mol. The van der Waals surface area contributed by atoms with Crippen LogP contribution in [0.15, 0.2) is 53.6 Å². The molecule has 29 heavy (non-hydrogen) atoms. The molecule has 1 aromatic heterocycles. The molecule has 0 amide bonds. The van der Waals surface area contributed by atoms with Crippen LogP contribution in [0.2, 0.25) is 0 Å². The van der Waals surface area contributed by atoms with Crippen LogP contribution in [0.3, 0.4) is 0 Å². The van der Waals surface area contributed by atoms with E-state index in [1.165, 1.54) is 11.8 Å². The Bertz CT molecular complexity index is 899. The van der Waals surface area contributed by atoms with Crippen molar-refractivity contribution in [2.45, 2.75) is 24.4 Å². The smallest absolute Gasteiger partial charge is 0.242 e. The molecule has 0 unspecified atom stereocenters. The van der Waals surface area contributed by atoms with Gasteiger partial charge in [0, 0.05) is 45.0 Å². The highest BCUT2D eigenvalue weighted by molar-refractivity contribution is 7.89. The third-order valence-electron chi connectivity index (χ3n) is 5.61. The third-order valence-corrected chi connectivity index (χ3v) is 7.08. The Labute approximate surface area is 172 Å². The Kier molecular flexibility index (Phi) is 6.15. The SMILES string of the molecule is C[C@H]1CN(Cc2ccccc2)C[C@@H]1NS(=O)(=O)c1ccc(N2CCOCC2)nc1. The molecule has 2 saturated heterocycles. The summed E-state index contributed by atoms with van der Waals surface area (Å²) in [5.41, 5.74) is 1.24. The summed E-state index contributed by atoms with van der Waals surface area (Å²) >= 11 is 0. The molecule has 0 bridgehead atoms. The van der Waals surface area contributed by atoms with Gasteiger partial charge in [-0.3, -0.25) is 4.90 Å². The van der Waals surface area contributed by atoms with E-state index in [0.717, 1.165) is 32.0 Å². The zero-order valence-electron chi connectivity index (χ0n) is 16.7. The number of pyridine rings is 1. The highest BCUT2D eigenvalue weighted by Gasteiger charge is 2.33. The number of ether oxygens (including phenoxy) is 1. The maximum absolute atomic E-state index is 12.9. The molecule has 2 fully saturated rings. The maximum Gasteiger partial charge on any atom is 0.242 e. The first-order valence-electron chi connectivity index (χ1n) is 10.1. The van der Waals surface area contributed by atoms with Gasteiger partial charge in [-0.05, 0) is 23.6 Å². The van der Waals surface area contributed by atoms with Crippen molar-refractivity contribution in [3.8, 4) is 0 Å². The molecule has 1 aromatic carbocycles. The molecule has 0 saturated carbocycles. The van der Waals surface area contributed by atoms with Gasteiger partial charge in [-0.15, -0.1) is 0 Å². The lowest BCUT2D eigenvalue weighted by Gasteiger charge is -2.27. The Hall–Kier alpha value is -2.00. The number of rotatable bonds is 6. The first-order valence-corrected chi connectivity index (χ1v) is 11.6. The Morgan fingerprint density at radius 3 is 2.55 bits per heavy atom. The fraction of sp³-hybridized carbons (Fsp3) is 0.476. The number of likely N-dealkylation sites (tertiary alicyclic amines) is 1. The van der Waals surface area contributed by atoms with E-state index in [1.54, 1.807) is 12.1 Å². The molecule has 156 valence electrons. The molecule has 2 aliphatic rings. The lowest BCUT2D eigenvalue weighted by Crippen LogP contribution is -2.40. The van der Waals surface area contributed by atoms with Gasteiger partial charge in [-0.1, -0.05) is 37.3 Å². The molecule has 2 aromatic rings. The van der Waals surface area contributed by atoms with Gasteiger partial charge in [0.15, 0.2) is 0 Å². The zero-order chi connectivity index (χ0) is 20.3. The lowest BCUT2D eigenvalue weighted by atomic mass is 10.1. The van der Waals surface area contributed by atoms with Crippen molar-refractivity contribution in [1.82, 2.24) is 14.6 Å². The van der Waals surface area contributed by atoms with Crippen LogP contribution in [0.1, 0.15) is 12.5 Å². The van der Waals surface area contributed by atoms with Gasteiger partial charge >= 0.3 is 0 Å². The molecule has 7 nitrogen and oxygen atoms in total. The Morgan fingerprint density at radius 1 is 1.10 bits per heavy atom. The maximum atomic E-state index is 12.9. The highest BCUT2D eigenvalue weighted by atomic mass is 32.2. The van der Waals surface area contributed by atoms with Gasteiger partial charge in [0.2, 0.25) is 10.0 Å². The van der Waals surface area contributed by atoms with Crippen molar-refractivity contribution in [3.63, 3.8) is 0 Å². The van der Waals surface area contributed by atoms with Gasteiger partial charge < -0.3 is 9.64 Å².